The summed E-state index contributed by atoms with van der Waals surface area (Å²) in [5.41, 5.74) is 1.20. The van der Waals surface area contributed by atoms with Crippen molar-refractivity contribution in [2.75, 3.05) is 20.8 Å². The molecule has 6 nitrogen and oxygen atoms in total. The summed E-state index contributed by atoms with van der Waals surface area (Å²) >= 11 is 0. The third kappa shape index (κ3) is 3.43. The SMILES string of the molecule is CCNC(c1ccc(F)cn1)c1ncc(OC)nc1OC. The maximum absolute atomic E-state index is 13.0. The molecule has 0 saturated carbocycles. The minimum atomic E-state index is -0.387. The van der Waals surface area contributed by atoms with Crippen LogP contribution in [-0.4, -0.2) is 35.7 Å². The predicted molar refractivity (Wildman–Crippen MR) is 74.9 cm³/mol. The average Bonchev–Trinajstić information content (AvgIpc) is 2.53. The van der Waals surface area contributed by atoms with E-state index in [-0.39, 0.29) is 11.9 Å². The summed E-state index contributed by atoms with van der Waals surface area (Å²) in [4.78, 5) is 12.6. The number of pyridine rings is 1. The van der Waals surface area contributed by atoms with Gasteiger partial charge in [-0.2, -0.15) is 4.98 Å². The minimum absolute atomic E-state index is 0.339. The maximum Gasteiger partial charge on any atom is 0.240 e. The van der Waals surface area contributed by atoms with Gasteiger partial charge >= 0.3 is 0 Å². The number of nitrogens with zero attached hydrogens (tertiary/aromatic N) is 3. The van der Waals surface area contributed by atoms with Crippen molar-refractivity contribution in [1.29, 1.82) is 0 Å². The third-order valence-electron chi connectivity index (χ3n) is 2.88. The van der Waals surface area contributed by atoms with Gasteiger partial charge in [-0.05, 0) is 18.7 Å². The summed E-state index contributed by atoms with van der Waals surface area (Å²) in [6, 6.07) is 2.62. The Morgan fingerprint density at radius 3 is 2.57 bits per heavy atom. The lowest BCUT2D eigenvalue weighted by Crippen LogP contribution is -2.25. The van der Waals surface area contributed by atoms with Crippen molar-refractivity contribution in [3.8, 4) is 11.8 Å². The zero-order valence-electron chi connectivity index (χ0n) is 12.1. The first-order chi connectivity index (χ1) is 10.2. The standard InChI is InChI=1S/C14H17FN4O2/c1-4-16-12(10-6-5-9(15)7-17-10)13-14(21-3)19-11(20-2)8-18-13/h5-8,12,16H,4H2,1-3H3. The zero-order valence-corrected chi connectivity index (χ0v) is 12.1. The number of rotatable bonds is 6. The number of hydrogen-bond donors (Lipinski definition) is 1. The highest BCUT2D eigenvalue weighted by Gasteiger charge is 2.22. The first kappa shape index (κ1) is 15.1. The number of nitrogens with one attached hydrogen (secondary N) is 1. The lowest BCUT2D eigenvalue weighted by atomic mass is 10.1. The van der Waals surface area contributed by atoms with Crippen LogP contribution in [0.15, 0.2) is 24.5 Å². The van der Waals surface area contributed by atoms with E-state index >= 15 is 0 Å². The predicted octanol–water partition coefficient (Wildman–Crippen LogP) is 1.73. The fourth-order valence-electron chi connectivity index (χ4n) is 1.92. The molecular formula is C14H17FN4O2. The topological polar surface area (TPSA) is 69.2 Å². The molecule has 0 aromatic carbocycles. The van der Waals surface area contributed by atoms with Gasteiger partial charge in [-0.25, -0.2) is 9.37 Å². The molecule has 0 radical (unpaired) electrons. The molecule has 0 aliphatic rings. The van der Waals surface area contributed by atoms with Gasteiger partial charge in [0.2, 0.25) is 11.8 Å². The maximum atomic E-state index is 13.0. The van der Waals surface area contributed by atoms with Crippen molar-refractivity contribution in [3.63, 3.8) is 0 Å². The van der Waals surface area contributed by atoms with Gasteiger partial charge in [0.05, 0.1) is 38.3 Å². The van der Waals surface area contributed by atoms with Gasteiger partial charge in [0.15, 0.2) is 0 Å². The Kier molecular flexibility index (Phi) is 4.99. The van der Waals surface area contributed by atoms with Crippen LogP contribution in [0.5, 0.6) is 11.8 Å². The minimum Gasteiger partial charge on any atom is -0.480 e. The molecule has 1 atom stereocenters. The Hall–Kier alpha value is -2.28. The van der Waals surface area contributed by atoms with Crippen LogP contribution < -0.4 is 14.8 Å². The van der Waals surface area contributed by atoms with Crippen molar-refractivity contribution < 1.29 is 13.9 Å². The molecule has 2 rings (SSSR count). The quantitative estimate of drug-likeness (QED) is 0.874. The molecular weight excluding hydrogens is 275 g/mol. The van der Waals surface area contributed by atoms with Crippen molar-refractivity contribution in [2.45, 2.75) is 13.0 Å². The Bertz CT molecular complexity index is 592. The number of halogens is 1. The van der Waals surface area contributed by atoms with E-state index in [9.17, 15) is 4.39 Å². The highest BCUT2D eigenvalue weighted by Crippen LogP contribution is 2.27. The summed E-state index contributed by atoms with van der Waals surface area (Å²) in [7, 11) is 3.01. The molecule has 7 heteroatoms. The van der Waals surface area contributed by atoms with Crippen LogP contribution in [0.4, 0.5) is 4.39 Å². The molecule has 112 valence electrons. The Morgan fingerprint density at radius 2 is 2.00 bits per heavy atom. The van der Waals surface area contributed by atoms with Crippen LogP contribution in [0, 0.1) is 5.82 Å². The molecule has 0 amide bonds. The largest absolute Gasteiger partial charge is 0.480 e. The second-order valence-electron chi connectivity index (χ2n) is 4.20. The highest BCUT2D eigenvalue weighted by molar-refractivity contribution is 5.31. The van der Waals surface area contributed by atoms with Crippen LogP contribution in [0.1, 0.15) is 24.4 Å². The number of methoxy groups -OCH3 is 2. The van der Waals surface area contributed by atoms with E-state index in [1.807, 2.05) is 6.92 Å². The van der Waals surface area contributed by atoms with Gasteiger partial charge < -0.3 is 14.8 Å². The summed E-state index contributed by atoms with van der Waals surface area (Å²) < 4.78 is 23.3. The number of ether oxygens (including phenoxy) is 2. The van der Waals surface area contributed by atoms with E-state index < -0.39 is 0 Å². The van der Waals surface area contributed by atoms with Gasteiger partial charge in [-0.1, -0.05) is 6.92 Å². The van der Waals surface area contributed by atoms with Crippen LogP contribution >= 0.6 is 0 Å². The molecule has 21 heavy (non-hydrogen) atoms. The molecule has 1 N–H and O–H groups in total. The molecule has 2 heterocycles. The first-order valence-electron chi connectivity index (χ1n) is 6.49. The van der Waals surface area contributed by atoms with Gasteiger partial charge in [-0.15, -0.1) is 0 Å². The number of hydrogen-bond acceptors (Lipinski definition) is 6. The average molecular weight is 292 g/mol. The Balaban J connectivity index is 2.44. The van der Waals surface area contributed by atoms with Gasteiger partial charge in [0.25, 0.3) is 0 Å². The number of aromatic nitrogens is 3. The first-order valence-corrected chi connectivity index (χ1v) is 6.49. The van der Waals surface area contributed by atoms with Gasteiger partial charge in [0, 0.05) is 0 Å². The van der Waals surface area contributed by atoms with Crippen LogP contribution in [0.25, 0.3) is 0 Å². The van der Waals surface area contributed by atoms with E-state index in [1.54, 1.807) is 6.07 Å². The van der Waals surface area contributed by atoms with Crippen molar-refractivity contribution in [1.82, 2.24) is 20.3 Å². The molecule has 0 fully saturated rings. The van der Waals surface area contributed by atoms with Crippen molar-refractivity contribution in [2.24, 2.45) is 0 Å². The van der Waals surface area contributed by atoms with E-state index in [4.69, 9.17) is 9.47 Å². The molecule has 0 saturated heterocycles. The second kappa shape index (κ2) is 6.94. The zero-order chi connectivity index (χ0) is 15.2. The monoisotopic (exact) mass is 292 g/mol. The summed E-state index contributed by atoms with van der Waals surface area (Å²) in [5.74, 6) is 0.311. The highest BCUT2D eigenvalue weighted by atomic mass is 19.1. The van der Waals surface area contributed by atoms with Gasteiger partial charge in [0.1, 0.15) is 11.5 Å². The van der Waals surface area contributed by atoms with E-state index in [1.165, 1.54) is 32.7 Å². The van der Waals surface area contributed by atoms with Crippen molar-refractivity contribution >= 4 is 0 Å². The molecule has 0 aliphatic carbocycles. The van der Waals surface area contributed by atoms with E-state index in [0.29, 0.717) is 29.7 Å². The second-order valence-corrected chi connectivity index (χ2v) is 4.20. The van der Waals surface area contributed by atoms with Crippen LogP contribution in [0.3, 0.4) is 0 Å². The summed E-state index contributed by atoms with van der Waals surface area (Å²) in [5, 5.41) is 3.24. The molecule has 1 unspecified atom stereocenters. The Morgan fingerprint density at radius 1 is 1.19 bits per heavy atom. The third-order valence-corrected chi connectivity index (χ3v) is 2.88. The summed E-state index contributed by atoms with van der Waals surface area (Å²) in [6.07, 6.45) is 2.68. The summed E-state index contributed by atoms with van der Waals surface area (Å²) in [6.45, 7) is 2.64. The lowest BCUT2D eigenvalue weighted by Gasteiger charge is -2.18. The van der Waals surface area contributed by atoms with Crippen molar-refractivity contribution in [3.05, 3.63) is 41.7 Å². The van der Waals surface area contributed by atoms with E-state index in [2.05, 4.69) is 20.3 Å². The fourth-order valence-corrected chi connectivity index (χ4v) is 1.92. The van der Waals surface area contributed by atoms with Gasteiger partial charge in [-0.3, -0.25) is 4.98 Å². The normalized spacial score (nSPS) is 12.0. The Labute approximate surface area is 122 Å². The molecule has 2 aromatic rings. The molecule has 0 spiro atoms. The van der Waals surface area contributed by atoms with E-state index in [0.717, 1.165) is 0 Å². The lowest BCUT2D eigenvalue weighted by molar-refractivity contribution is 0.352. The molecule has 0 aliphatic heterocycles. The fraction of sp³-hybridized carbons (Fsp3) is 0.357. The molecule has 2 aromatic heterocycles. The smallest absolute Gasteiger partial charge is 0.240 e. The molecule has 0 bridgehead atoms. The van der Waals surface area contributed by atoms with Crippen LogP contribution in [0.2, 0.25) is 0 Å². The van der Waals surface area contributed by atoms with Crippen LogP contribution in [-0.2, 0) is 0 Å².